The van der Waals surface area contributed by atoms with Gasteiger partial charge in [0.1, 0.15) is 5.82 Å². The first-order valence-corrected chi connectivity index (χ1v) is 9.25. The molecule has 2 heterocycles. The number of hydrogen-bond acceptors (Lipinski definition) is 5. The highest BCUT2D eigenvalue weighted by atomic mass is 35.5. The van der Waals surface area contributed by atoms with Gasteiger partial charge in [-0.1, -0.05) is 29.4 Å². The maximum absolute atomic E-state index is 11.9. The maximum Gasteiger partial charge on any atom is 0.230 e. The topological polar surface area (TPSA) is 73.9 Å². The second kappa shape index (κ2) is 7.90. The molecule has 0 spiro atoms. The van der Waals surface area contributed by atoms with Gasteiger partial charge in [0.2, 0.25) is 11.1 Å². The summed E-state index contributed by atoms with van der Waals surface area (Å²) in [6.45, 7) is 4.46. The van der Waals surface area contributed by atoms with Gasteiger partial charge in [-0.15, -0.1) is 5.10 Å². The van der Waals surface area contributed by atoms with E-state index in [-0.39, 0.29) is 5.91 Å². The van der Waals surface area contributed by atoms with Gasteiger partial charge < -0.3 is 10.2 Å². The lowest BCUT2D eigenvalue weighted by Crippen LogP contribution is -2.32. The minimum atomic E-state index is 0.0173. The Morgan fingerprint density at radius 1 is 1.54 bits per heavy atom. The van der Waals surface area contributed by atoms with Crippen molar-refractivity contribution in [2.24, 2.45) is 5.92 Å². The Morgan fingerprint density at radius 2 is 2.42 bits per heavy atom. The molecule has 1 aromatic heterocycles. The third-order valence-electron chi connectivity index (χ3n) is 3.96. The van der Waals surface area contributed by atoms with E-state index in [1.54, 1.807) is 0 Å². The van der Waals surface area contributed by atoms with Crippen molar-refractivity contribution in [2.45, 2.75) is 18.5 Å². The minimum absolute atomic E-state index is 0.0173. The van der Waals surface area contributed by atoms with Gasteiger partial charge in [-0.05, 0) is 37.5 Å². The third kappa shape index (κ3) is 4.64. The number of anilines is 1. The number of H-pyrrole nitrogens is 1. The van der Waals surface area contributed by atoms with Gasteiger partial charge >= 0.3 is 0 Å². The number of amides is 1. The van der Waals surface area contributed by atoms with Crippen LogP contribution in [-0.2, 0) is 4.79 Å². The molecule has 1 atom stereocenters. The van der Waals surface area contributed by atoms with Crippen LogP contribution >= 0.6 is 23.4 Å². The number of aryl methyl sites for hydroxylation is 1. The highest BCUT2D eigenvalue weighted by Gasteiger charge is 2.23. The average Bonchev–Trinajstić information content (AvgIpc) is 3.20. The van der Waals surface area contributed by atoms with Crippen LogP contribution < -0.4 is 10.2 Å². The lowest BCUT2D eigenvalue weighted by molar-refractivity contribution is -0.118. The molecule has 0 radical (unpaired) electrons. The first-order chi connectivity index (χ1) is 11.6. The molecule has 24 heavy (non-hydrogen) atoms. The standard InChI is InChI=1S/C16H20ClN5OS/c1-11-19-16(21-20-11)24-10-15(23)18-8-12-5-6-22(9-12)14-4-2-3-13(17)7-14/h2-4,7,12H,5-6,8-10H2,1H3,(H,18,23)(H,19,20,21)/t12-/m0/s1. The molecule has 1 amide bonds. The first-order valence-electron chi connectivity index (χ1n) is 7.89. The van der Waals surface area contributed by atoms with Gasteiger partial charge in [0.25, 0.3) is 0 Å². The molecule has 1 fully saturated rings. The number of aromatic nitrogens is 3. The van der Waals surface area contributed by atoms with Gasteiger partial charge in [0.05, 0.1) is 5.75 Å². The summed E-state index contributed by atoms with van der Waals surface area (Å²) in [5, 5.41) is 11.1. The summed E-state index contributed by atoms with van der Waals surface area (Å²) in [5.41, 5.74) is 1.15. The fourth-order valence-corrected chi connectivity index (χ4v) is 3.59. The van der Waals surface area contributed by atoms with Crippen LogP contribution in [0.25, 0.3) is 0 Å². The number of halogens is 1. The van der Waals surface area contributed by atoms with E-state index in [9.17, 15) is 4.79 Å². The number of nitrogens with zero attached hydrogens (tertiary/aromatic N) is 3. The number of benzene rings is 1. The van der Waals surface area contributed by atoms with Gasteiger partial charge in [-0.3, -0.25) is 9.89 Å². The van der Waals surface area contributed by atoms with Crippen LogP contribution in [0.2, 0.25) is 5.02 Å². The first kappa shape index (κ1) is 17.1. The number of hydrogen-bond donors (Lipinski definition) is 2. The molecule has 0 saturated carbocycles. The van der Waals surface area contributed by atoms with E-state index >= 15 is 0 Å². The summed E-state index contributed by atoms with van der Waals surface area (Å²) in [7, 11) is 0. The molecule has 1 aliphatic heterocycles. The second-order valence-electron chi connectivity index (χ2n) is 5.88. The quantitative estimate of drug-likeness (QED) is 0.769. The summed E-state index contributed by atoms with van der Waals surface area (Å²) >= 11 is 7.39. The molecule has 6 nitrogen and oxygen atoms in total. The highest BCUT2D eigenvalue weighted by Crippen LogP contribution is 2.25. The van der Waals surface area contributed by atoms with Crippen molar-refractivity contribution in [3.8, 4) is 0 Å². The fourth-order valence-electron chi connectivity index (χ4n) is 2.73. The Kier molecular flexibility index (Phi) is 5.63. The van der Waals surface area contributed by atoms with E-state index in [2.05, 4.69) is 31.5 Å². The normalized spacial score (nSPS) is 17.2. The zero-order valence-electron chi connectivity index (χ0n) is 13.5. The van der Waals surface area contributed by atoms with Crippen LogP contribution in [0.4, 0.5) is 5.69 Å². The smallest absolute Gasteiger partial charge is 0.230 e. The molecular weight excluding hydrogens is 346 g/mol. The third-order valence-corrected chi connectivity index (χ3v) is 5.04. The Balaban J connectivity index is 1.40. The maximum atomic E-state index is 11.9. The van der Waals surface area contributed by atoms with Crippen molar-refractivity contribution in [1.82, 2.24) is 20.5 Å². The van der Waals surface area contributed by atoms with Crippen molar-refractivity contribution in [1.29, 1.82) is 0 Å². The minimum Gasteiger partial charge on any atom is -0.371 e. The van der Waals surface area contributed by atoms with E-state index in [1.807, 2.05) is 25.1 Å². The summed E-state index contributed by atoms with van der Waals surface area (Å²) < 4.78 is 0. The van der Waals surface area contributed by atoms with Crippen molar-refractivity contribution < 1.29 is 4.79 Å². The Bertz CT molecular complexity index is 707. The molecule has 1 saturated heterocycles. The van der Waals surface area contributed by atoms with Crippen molar-refractivity contribution in [3.63, 3.8) is 0 Å². The molecule has 0 bridgehead atoms. The highest BCUT2D eigenvalue weighted by molar-refractivity contribution is 7.99. The second-order valence-corrected chi connectivity index (χ2v) is 7.26. The summed E-state index contributed by atoms with van der Waals surface area (Å²) in [5.74, 6) is 1.57. The molecule has 3 rings (SSSR count). The Labute approximate surface area is 150 Å². The molecule has 8 heteroatoms. The molecule has 1 aromatic carbocycles. The molecule has 1 aliphatic rings. The molecule has 0 unspecified atom stereocenters. The van der Waals surface area contributed by atoms with E-state index < -0.39 is 0 Å². The summed E-state index contributed by atoms with van der Waals surface area (Å²) in [6, 6.07) is 7.90. The number of carbonyl (C=O) groups is 1. The van der Waals surface area contributed by atoms with E-state index in [0.717, 1.165) is 36.0 Å². The van der Waals surface area contributed by atoms with E-state index in [0.29, 0.717) is 23.4 Å². The number of aromatic amines is 1. The van der Waals surface area contributed by atoms with Crippen LogP contribution in [0, 0.1) is 12.8 Å². The molecular formula is C16H20ClN5OS. The molecule has 2 aromatic rings. The Morgan fingerprint density at radius 3 is 3.17 bits per heavy atom. The SMILES string of the molecule is Cc1nc(SCC(=O)NC[C@@H]2CCN(c3cccc(Cl)c3)C2)n[nH]1. The zero-order chi connectivity index (χ0) is 16.9. The number of nitrogens with one attached hydrogen (secondary N) is 2. The predicted octanol–water partition coefficient (Wildman–Crippen LogP) is 2.50. The van der Waals surface area contributed by atoms with Crippen LogP contribution in [-0.4, -0.2) is 46.5 Å². The van der Waals surface area contributed by atoms with Gasteiger partial charge in [0.15, 0.2) is 0 Å². The van der Waals surface area contributed by atoms with Crippen molar-refractivity contribution in [2.75, 3.05) is 30.3 Å². The van der Waals surface area contributed by atoms with E-state index in [1.165, 1.54) is 11.8 Å². The van der Waals surface area contributed by atoms with E-state index in [4.69, 9.17) is 11.6 Å². The van der Waals surface area contributed by atoms with Crippen LogP contribution in [0.1, 0.15) is 12.2 Å². The molecule has 2 N–H and O–H groups in total. The van der Waals surface area contributed by atoms with Crippen molar-refractivity contribution >= 4 is 35.0 Å². The summed E-state index contributed by atoms with van der Waals surface area (Å²) in [6.07, 6.45) is 1.07. The number of carbonyl (C=O) groups excluding carboxylic acids is 1. The van der Waals surface area contributed by atoms with Crippen LogP contribution in [0.15, 0.2) is 29.4 Å². The lowest BCUT2D eigenvalue weighted by atomic mass is 10.1. The van der Waals surface area contributed by atoms with Crippen molar-refractivity contribution in [3.05, 3.63) is 35.1 Å². The average molecular weight is 366 g/mol. The number of thioether (sulfide) groups is 1. The number of rotatable bonds is 6. The Hall–Kier alpha value is -1.73. The van der Waals surface area contributed by atoms with Crippen LogP contribution in [0.5, 0.6) is 0 Å². The largest absolute Gasteiger partial charge is 0.371 e. The monoisotopic (exact) mass is 365 g/mol. The predicted molar refractivity (Wildman–Crippen MR) is 96.6 cm³/mol. The lowest BCUT2D eigenvalue weighted by Gasteiger charge is -2.19. The van der Waals surface area contributed by atoms with Gasteiger partial charge in [-0.25, -0.2) is 4.98 Å². The summed E-state index contributed by atoms with van der Waals surface area (Å²) in [4.78, 5) is 18.4. The molecule has 0 aliphatic carbocycles. The van der Waals surface area contributed by atoms with Gasteiger partial charge in [0, 0.05) is 30.3 Å². The van der Waals surface area contributed by atoms with Crippen LogP contribution in [0.3, 0.4) is 0 Å². The fraction of sp³-hybridized carbons (Fsp3) is 0.438. The van der Waals surface area contributed by atoms with Gasteiger partial charge in [-0.2, -0.15) is 0 Å². The zero-order valence-corrected chi connectivity index (χ0v) is 15.0. The molecule has 128 valence electrons.